The van der Waals surface area contributed by atoms with Gasteiger partial charge < -0.3 is 10.4 Å². The molecule has 0 aromatic heterocycles. The molecule has 0 radical (unpaired) electrons. The Morgan fingerprint density at radius 1 is 1.17 bits per heavy atom. The summed E-state index contributed by atoms with van der Waals surface area (Å²) in [4.78, 5) is 22.9. The summed E-state index contributed by atoms with van der Waals surface area (Å²) in [5, 5.41) is 20.5. The molecule has 0 bridgehead atoms. The van der Waals surface area contributed by atoms with Crippen LogP contribution in [0.15, 0.2) is 58.6 Å². The van der Waals surface area contributed by atoms with E-state index in [2.05, 4.69) is 21.2 Å². The van der Waals surface area contributed by atoms with Gasteiger partial charge in [0, 0.05) is 10.2 Å². The lowest BCUT2D eigenvalue weighted by atomic mass is 10.1. The third-order valence-electron chi connectivity index (χ3n) is 2.91. The molecule has 0 aliphatic rings. The molecule has 1 amide bonds. The third kappa shape index (κ3) is 4.53. The largest absolute Gasteiger partial charge is 0.478 e. The Balaban J connectivity index is 2.17. The normalized spacial score (nSPS) is 10.7. The average Bonchev–Trinajstić information content (AvgIpc) is 2.53. The van der Waals surface area contributed by atoms with Gasteiger partial charge in [-0.15, -0.1) is 0 Å². The number of halogens is 1. The second-order valence-electron chi connectivity index (χ2n) is 4.56. The third-order valence-corrected chi connectivity index (χ3v) is 3.41. The number of anilines is 1. The second-order valence-corrected chi connectivity index (χ2v) is 5.48. The first kappa shape index (κ1) is 16.5. The number of hydrogen-bond donors (Lipinski definition) is 2. The Hall–Kier alpha value is -2.91. The molecule has 2 aromatic rings. The number of rotatable bonds is 4. The van der Waals surface area contributed by atoms with E-state index in [1.807, 2.05) is 12.1 Å². The van der Waals surface area contributed by atoms with Crippen LogP contribution >= 0.6 is 15.9 Å². The zero-order chi connectivity index (χ0) is 16.8. The Kier molecular flexibility index (Phi) is 5.28. The summed E-state index contributed by atoms with van der Waals surface area (Å²) < 4.78 is 0.841. The average molecular weight is 371 g/mol. The fraction of sp³-hybridized carbons (Fsp3) is 0. The number of carbonyl (C=O) groups is 2. The van der Waals surface area contributed by atoms with E-state index in [9.17, 15) is 9.59 Å². The molecule has 2 aromatic carbocycles. The molecule has 0 aliphatic carbocycles. The van der Waals surface area contributed by atoms with E-state index in [1.54, 1.807) is 18.2 Å². The van der Waals surface area contributed by atoms with Crippen LogP contribution < -0.4 is 5.32 Å². The molecule has 0 heterocycles. The molecule has 114 valence electrons. The maximum atomic E-state index is 12.1. The minimum absolute atomic E-state index is 0.0505. The molecular formula is C17H11BrN2O3. The zero-order valence-corrected chi connectivity index (χ0v) is 13.4. The van der Waals surface area contributed by atoms with Gasteiger partial charge in [-0.3, -0.25) is 4.79 Å². The van der Waals surface area contributed by atoms with Crippen molar-refractivity contribution < 1.29 is 14.7 Å². The van der Waals surface area contributed by atoms with Gasteiger partial charge in [0.05, 0.1) is 5.56 Å². The Labute approximate surface area is 141 Å². The van der Waals surface area contributed by atoms with Crippen LogP contribution in [0.4, 0.5) is 5.69 Å². The van der Waals surface area contributed by atoms with E-state index < -0.39 is 11.9 Å². The van der Waals surface area contributed by atoms with Gasteiger partial charge in [0.25, 0.3) is 5.91 Å². The van der Waals surface area contributed by atoms with Crippen LogP contribution in [0.2, 0.25) is 0 Å². The van der Waals surface area contributed by atoms with Crippen molar-refractivity contribution in [2.24, 2.45) is 0 Å². The van der Waals surface area contributed by atoms with E-state index in [0.717, 1.165) is 4.47 Å². The van der Waals surface area contributed by atoms with Crippen molar-refractivity contribution >= 4 is 39.6 Å². The van der Waals surface area contributed by atoms with Crippen molar-refractivity contribution in [2.45, 2.75) is 0 Å². The summed E-state index contributed by atoms with van der Waals surface area (Å²) in [5.41, 5.74) is 1.20. The van der Waals surface area contributed by atoms with Crippen LogP contribution in [0, 0.1) is 11.3 Å². The van der Waals surface area contributed by atoms with Crippen molar-refractivity contribution in [3.8, 4) is 6.07 Å². The summed E-state index contributed by atoms with van der Waals surface area (Å²) in [6, 6.07) is 14.7. The van der Waals surface area contributed by atoms with E-state index >= 15 is 0 Å². The number of amides is 1. The van der Waals surface area contributed by atoms with Gasteiger partial charge in [-0.1, -0.05) is 28.1 Å². The van der Waals surface area contributed by atoms with Crippen LogP contribution in [0.1, 0.15) is 15.9 Å². The second kappa shape index (κ2) is 7.38. The maximum absolute atomic E-state index is 12.1. The molecule has 2 N–H and O–H groups in total. The molecule has 0 saturated carbocycles. The fourth-order valence-electron chi connectivity index (χ4n) is 1.81. The van der Waals surface area contributed by atoms with Gasteiger partial charge in [-0.25, -0.2) is 4.79 Å². The molecule has 0 spiro atoms. The first-order valence-corrected chi connectivity index (χ1v) is 7.31. The van der Waals surface area contributed by atoms with Crippen LogP contribution in [0.3, 0.4) is 0 Å². The highest BCUT2D eigenvalue weighted by Crippen LogP contribution is 2.16. The van der Waals surface area contributed by atoms with Crippen LogP contribution in [0.5, 0.6) is 0 Å². The highest BCUT2D eigenvalue weighted by molar-refractivity contribution is 9.10. The number of carboxylic acid groups (broad SMARTS) is 1. The topological polar surface area (TPSA) is 90.2 Å². The van der Waals surface area contributed by atoms with E-state index in [-0.39, 0.29) is 11.1 Å². The molecule has 5 nitrogen and oxygen atoms in total. The van der Waals surface area contributed by atoms with Crippen LogP contribution in [-0.2, 0) is 4.79 Å². The summed E-state index contributed by atoms with van der Waals surface area (Å²) in [6.07, 6.45) is 1.48. The Bertz CT molecular complexity index is 820. The van der Waals surface area contributed by atoms with Crippen molar-refractivity contribution in [3.63, 3.8) is 0 Å². The number of carbonyl (C=O) groups excluding carboxylic acids is 1. The summed E-state index contributed by atoms with van der Waals surface area (Å²) in [6.45, 7) is 0. The quantitative estimate of drug-likeness (QED) is 0.634. The SMILES string of the molecule is N#C/C(=C\c1cccc(Br)c1)C(=O)Nc1ccc(C(=O)O)cc1. The van der Waals surface area contributed by atoms with Crippen molar-refractivity contribution in [3.05, 3.63) is 69.7 Å². The molecule has 0 fully saturated rings. The number of nitrogens with zero attached hydrogens (tertiary/aromatic N) is 1. The number of hydrogen-bond acceptors (Lipinski definition) is 3. The first-order valence-electron chi connectivity index (χ1n) is 6.51. The smallest absolute Gasteiger partial charge is 0.335 e. The van der Waals surface area contributed by atoms with E-state index in [4.69, 9.17) is 10.4 Å². The van der Waals surface area contributed by atoms with Gasteiger partial charge in [0.15, 0.2) is 0 Å². The number of carboxylic acids is 1. The van der Waals surface area contributed by atoms with Crippen LogP contribution in [0.25, 0.3) is 6.08 Å². The fourth-order valence-corrected chi connectivity index (χ4v) is 2.22. The predicted octanol–water partition coefficient (Wildman–Crippen LogP) is 3.69. The Morgan fingerprint density at radius 2 is 1.87 bits per heavy atom. The van der Waals surface area contributed by atoms with Gasteiger partial charge in [-0.05, 0) is 48.0 Å². The molecule has 0 atom stereocenters. The number of nitriles is 1. The minimum atomic E-state index is -1.05. The molecule has 0 aliphatic heterocycles. The van der Waals surface area contributed by atoms with Crippen molar-refractivity contribution in [1.82, 2.24) is 0 Å². The molecule has 2 rings (SSSR count). The standard InChI is InChI=1S/C17H11BrN2O3/c18-14-3-1-2-11(9-14)8-13(10-19)16(21)20-15-6-4-12(5-7-15)17(22)23/h1-9H,(H,20,21)(H,22,23)/b13-8+. The maximum Gasteiger partial charge on any atom is 0.335 e. The number of aromatic carboxylic acids is 1. The summed E-state index contributed by atoms with van der Waals surface area (Å²) in [5.74, 6) is -1.61. The highest BCUT2D eigenvalue weighted by Gasteiger charge is 2.10. The lowest BCUT2D eigenvalue weighted by Crippen LogP contribution is -2.13. The molecular weight excluding hydrogens is 360 g/mol. The first-order chi connectivity index (χ1) is 11.0. The molecule has 6 heteroatoms. The summed E-state index contributed by atoms with van der Waals surface area (Å²) in [7, 11) is 0. The number of benzene rings is 2. The van der Waals surface area contributed by atoms with Gasteiger partial charge >= 0.3 is 5.97 Å². The van der Waals surface area contributed by atoms with Gasteiger partial charge in [-0.2, -0.15) is 5.26 Å². The van der Waals surface area contributed by atoms with E-state index in [1.165, 1.54) is 30.3 Å². The predicted molar refractivity (Wildman–Crippen MR) is 89.8 cm³/mol. The van der Waals surface area contributed by atoms with Crippen molar-refractivity contribution in [1.29, 1.82) is 5.26 Å². The van der Waals surface area contributed by atoms with Crippen LogP contribution in [-0.4, -0.2) is 17.0 Å². The molecule has 0 unspecified atom stereocenters. The summed E-state index contributed by atoms with van der Waals surface area (Å²) >= 11 is 3.32. The zero-order valence-electron chi connectivity index (χ0n) is 11.8. The van der Waals surface area contributed by atoms with E-state index in [0.29, 0.717) is 11.3 Å². The monoisotopic (exact) mass is 370 g/mol. The molecule has 23 heavy (non-hydrogen) atoms. The highest BCUT2D eigenvalue weighted by atomic mass is 79.9. The Morgan fingerprint density at radius 3 is 2.43 bits per heavy atom. The van der Waals surface area contributed by atoms with Crippen molar-refractivity contribution in [2.75, 3.05) is 5.32 Å². The van der Waals surface area contributed by atoms with Gasteiger partial charge in [0.1, 0.15) is 11.6 Å². The lowest BCUT2D eigenvalue weighted by Gasteiger charge is -2.05. The minimum Gasteiger partial charge on any atom is -0.478 e. The molecule has 0 saturated heterocycles. The lowest BCUT2D eigenvalue weighted by molar-refractivity contribution is -0.112. The number of nitrogens with one attached hydrogen (secondary N) is 1. The van der Waals surface area contributed by atoms with Gasteiger partial charge in [0.2, 0.25) is 0 Å².